The van der Waals surface area contributed by atoms with Gasteiger partial charge in [-0.2, -0.15) is 0 Å². The molecule has 1 aliphatic heterocycles. The van der Waals surface area contributed by atoms with Crippen LogP contribution in [0.3, 0.4) is 0 Å². The number of carboxylic acids is 1. The van der Waals surface area contributed by atoms with Gasteiger partial charge in [0.1, 0.15) is 6.54 Å². The van der Waals surface area contributed by atoms with Crippen LogP contribution in [0.25, 0.3) is 0 Å². The van der Waals surface area contributed by atoms with Crippen molar-refractivity contribution >= 4 is 11.9 Å². The van der Waals surface area contributed by atoms with Gasteiger partial charge in [0.2, 0.25) is 5.91 Å². The van der Waals surface area contributed by atoms with E-state index in [9.17, 15) is 9.59 Å². The van der Waals surface area contributed by atoms with E-state index in [1.807, 2.05) is 0 Å². The Hall–Kier alpha value is -0.100. The first-order valence-corrected chi connectivity index (χ1v) is 3.36. The smallest absolute Gasteiger partial charge is 0.480 e. The molecule has 5 nitrogen and oxygen atoms in total. The molecule has 0 aromatic carbocycles. The molecule has 1 unspecified atom stereocenters. The Labute approximate surface area is 92.4 Å². The van der Waals surface area contributed by atoms with Crippen LogP contribution in [0.15, 0.2) is 0 Å². The summed E-state index contributed by atoms with van der Waals surface area (Å²) in [6, 6.07) is 0. The second kappa shape index (κ2) is 4.81. The Bertz CT molecular complexity index is 197. The van der Waals surface area contributed by atoms with E-state index >= 15 is 0 Å². The van der Waals surface area contributed by atoms with Gasteiger partial charge in [-0.1, -0.05) is 0 Å². The molecule has 1 amide bonds. The molecule has 0 radical (unpaired) electrons. The van der Waals surface area contributed by atoms with Crippen LogP contribution in [0.2, 0.25) is 0 Å². The number of carbonyl (C=O) groups excluding carboxylic acids is 1. The van der Waals surface area contributed by atoms with Crippen molar-refractivity contribution in [2.45, 2.75) is 13.1 Å². The van der Waals surface area contributed by atoms with Crippen LogP contribution in [-0.2, 0) is 9.59 Å². The minimum atomic E-state index is -0.978. The number of carbonyl (C=O) groups is 2. The maximum absolute atomic E-state index is 10.9. The third kappa shape index (κ3) is 2.75. The van der Waals surface area contributed by atoms with Crippen LogP contribution >= 0.6 is 0 Å². The second-order valence-corrected chi connectivity index (χ2v) is 2.47. The van der Waals surface area contributed by atoms with E-state index in [4.69, 9.17) is 5.11 Å². The topological polar surface area (TPSA) is 69.6 Å². The number of hydrogen-bond donors (Lipinski definition) is 2. The molecule has 1 fully saturated rings. The van der Waals surface area contributed by atoms with E-state index in [1.165, 1.54) is 4.90 Å². The fourth-order valence-electron chi connectivity index (χ4n) is 1.03. The molecule has 1 heterocycles. The van der Waals surface area contributed by atoms with Crippen molar-refractivity contribution in [1.82, 2.24) is 10.2 Å². The number of carboxylic acid groups (broad SMARTS) is 1. The number of amides is 1. The molecule has 1 saturated heterocycles. The average molecular weight is 181 g/mol. The van der Waals surface area contributed by atoms with E-state index in [0.717, 1.165) is 0 Å². The quantitative estimate of drug-likeness (QED) is 0.424. The van der Waals surface area contributed by atoms with Gasteiger partial charge < -0.3 is 10.0 Å². The zero-order valence-electron chi connectivity index (χ0n) is 7.20. The summed E-state index contributed by atoms with van der Waals surface area (Å²) in [5.41, 5.74) is 0. The second-order valence-electron chi connectivity index (χ2n) is 2.47. The third-order valence-electron chi connectivity index (χ3n) is 1.64. The van der Waals surface area contributed by atoms with Gasteiger partial charge in [0, 0.05) is 0 Å². The van der Waals surface area contributed by atoms with Crippen molar-refractivity contribution in [2.75, 3.05) is 13.1 Å². The van der Waals surface area contributed by atoms with Gasteiger partial charge in [-0.05, 0) is 6.92 Å². The van der Waals surface area contributed by atoms with Crippen molar-refractivity contribution in [2.24, 2.45) is 0 Å². The summed E-state index contributed by atoms with van der Waals surface area (Å²) < 4.78 is 0. The van der Waals surface area contributed by atoms with Crippen LogP contribution in [0, 0.1) is 0 Å². The number of hydrogen-bond acceptors (Lipinski definition) is 3. The number of aliphatic carboxylic acids is 1. The molecule has 0 saturated carbocycles. The van der Waals surface area contributed by atoms with E-state index in [1.54, 1.807) is 6.92 Å². The van der Waals surface area contributed by atoms with Gasteiger partial charge in [0.05, 0.1) is 12.7 Å². The first kappa shape index (κ1) is 11.9. The van der Waals surface area contributed by atoms with E-state index in [-0.39, 0.29) is 54.7 Å². The molecule has 6 heteroatoms. The van der Waals surface area contributed by atoms with Crippen LogP contribution in [-0.4, -0.2) is 41.1 Å². The number of nitrogens with one attached hydrogen (secondary N) is 1. The molecule has 0 aromatic heterocycles. The van der Waals surface area contributed by atoms with Gasteiger partial charge in [0.15, 0.2) is 0 Å². The Morgan fingerprint density at radius 1 is 1.83 bits per heavy atom. The zero-order valence-corrected chi connectivity index (χ0v) is 9.20. The van der Waals surface area contributed by atoms with Crippen molar-refractivity contribution in [3.8, 4) is 0 Å². The first-order valence-electron chi connectivity index (χ1n) is 3.36. The SMILES string of the molecule is CC1NCC(=O)N1CC(=O)O.[Na+]. The Kier molecular flexibility index (Phi) is 4.77. The van der Waals surface area contributed by atoms with Gasteiger partial charge in [-0.25, -0.2) is 0 Å². The monoisotopic (exact) mass is 181 g/mol. The first-order chi connectivity index (χ1) is 5.11. The van der Waals surface area contributed by atoms with Gasteiger partial charge in [-0.15, -0.1) is 0 Å². The average Bonchev–Trinajstić information content (AvgIpc) is 2.18. The van der Waals surface area contributed by atoms with Gasteiger partial charge in [0.25, 0.3) is 0 Å². The summed E-state index contributed by atoms with van der Waals surface area (Å²) in [5.74, 6) is -1.13. The Balaban J connectivity index is 0.00000121. The van der Waals surface area contributed by atoms with E-state index < -0.39 is 5.97 Å². The Morgan fingerprint density at radius 3 is 2.75 bits per heavy atom. The van der Waals surface area contributed by atoms with Crippen molar-refractivity contribution in [3.05, 3.63) is 0 Å². The molecule has 0 aliphatic carbocycles. The summed E-state index contributed by atoms with van der Waals surface area (Å²) in [6.45, 7) is 1.79. The molecule has 62 valence electrons. The molecular formula is C6H10N2NaO3+. The van der Waals surface area contributed by atoms with Gasteiger partial charge >= 0.3 is 35.5 Å². The van der Waals surface area contributed by atoms with Crippen LogP contribution in [0.1, 0.15) is 6.92 Å². The number of rotatable bonds is 2. The fourth-order valence-corrected chi connectivity index (χ4v) is 1.03. The minimum Gasteiger partial charge on any atom is -0.480 e. The van der Waals surface area contributed by atoms with Gasteiger partial charge in [-0.3, -0.25) is 14.9 Å². The maximum Gasteiger partial charge on any atom is 1.00 e. The fraction of sp³-hybridized carbons (Fsp3) is 0.667. The summed E-state index contributed by atoms with van der Waals surface area (Å²) in [5, 5.41) is 11.2. The van der Waals surface area contributed by atoms with Crippen LogP contribution in [0.5, 0.6) is 0 Å². The third-order valence-corrected chi connectivity index (χ3v) is 1.64. The van der Waals surface area contributed by atoms with E-state index in [0.29, 0.717) is 0 Å². The molecular weight excluding hydrogens is 171 g/mol. The molecule has 1 aliphatic rings. The predicted molar refractivity (Wildman–Crippen MR) is 36.8 cm³/mol. The molecule has 0 aromatic rings. The number of nitrogens with zero attached hydrogens (tertiary/aromatic N) is 1. The molecule has 2 N–H and O–H groups in total. The normalized spacial score (nSPS) is 22.2. The molecule has 1 rings (SSSR count). The molecule has 0 bridgehead atoms. The molecule has 0 spiro atoms. The predicted octanol–water partition coefficient (Wildman–Crippen LogP) is -4.15. The summed E-state index contributed by atoms with van der Waals surface area (Å²) in [4.78, 5) is 22.4. The largest absolute Gasteiger partial charge is 1.00 e. The van der Waals surface area contributed by atoms with Crippen molar-refractivity contribution < 1.29 is 44.3 Å². The maximum atomic E-state index is 10.9. The standard InChI is InChI=1S/C6H10N2O3.Na/c1-4-7-2-5(9)8(4)3-6(10)11;/h4,7H,2-3H2,1H3,(H,10,11);/q;+1. The summed E-state index contributed by atoms with van der Waals surface area (Å²) >= 11 is 0. The molecule has 1 atom stereocenters. The summed E-state index contributed by atoms with van der Waals surface area (Å²) in [6.07, 6.45) is -0.154. The molecule has 12 heavy (non-hydrogen) atoms. The van der Waals surface area contributed by atoms with Crippen LogP contribution < -0.4 is 34.9 Å². The van der Waals surface area contributed by atoms with Crippen LogP contribution in [0.4, 0.5) is 0 Å². The Morgan fingerprint density at radius 2 is 2.42 bits per heavy atom. The summed E-state index contributed by atoms with van der Waals surface area (Å²) in [7, 11) is 0. The van der Waals surface area contributed by atoms with E-state index in [2.05, 4.69) is 5.32 Å². The van der Waals surface area contributed by atoms with Crippen molar-refractivity contribution in [3.63, 3.8) is 0 Å². The van der Waals surface area contributed by atoms with Crippen molar-refractivity contribution in [1.29, 1.82) is 0 Å². The zero-order chi connectivity index (χ0) is 8.43. The minimum absolute atomic E-state index is 0.